The summed E-state index contributed by atoms with van der Waals surface area (Å²) in [4.78, 5) is 14.0. The number of hydrogen-bond acceptors (Lipinski definition) is 3. The van der Waals surface area contributed by atoms with Crippen LogP contribution < -0.4 is 5.32 Å². The first-order valence-corrected chi connectivity index (χ1v) is 7.02. The van der Waals surface area contributed by atoms with Crippen LogP contribution in [0.5, 0.6) is 0 Å². The molecule has 18 heavy (non-hydrogen) atoms. The second-order valence-corrected chi connectivity index (χ2v) is 6.39. The molecule has 0 aliphatic carbocycles. The second-order valence-electron chi connectivity index (χ2n) is 6.39. The number of rotatable bonds is 3. The molecule has 1 amide bonds. The Balaban J connectivity index is 2.55. The van der Waals surface area contributed by atoms with E-state index in [1.165, 1.54) is 6.42 Å². The number of amides is 1. The Kier molecular flexibility index (Phi) is 5.45. The highest BCUT2D eigenvalue weighted by molar-refractivity contribution is 5.68. The van der Waals surface area contributed by atoms with Crippen LogP contribution in [0.1, 0.15) is 53.9 Å². The lowest BCUT2D eigenvalue weighted by molar-refractivity contribution is 0.00975. The van der Waals surface area contributed by atoms with E-state index in [0.29, 0.717) is 6.04 Å². The first-order valence-electron chi connectivity index (χ1n) is 7.02. The van der Waals surface area contributed by atoms with E-state index in [9.17, 15) is 4.79 Å². The molecule has 1 atom stereocenters. The maximum atomic E-state index is 12.1. The highest BCUT2D eigenvalue weighted by Crippen LogP contribution is 2.20. The van der Waals surface area contributed by atoms with Crippen molar-refractivity contribution < 1.29 is 9.53 Å². The average molecular weight is 256 g/mol. The lowest BCUT2D eigenvalue weighted by Crippen LogP contribution is -2.50. The summed E-state index contributed by atoms with van der Waals surface area (Å²) in [5.41, 5.74) is -0.412. The highest BCUT2D eigenvalue weighted by Gasteiger charge is 2.30. The summed E-state index contributed by atoms with van der Waals surface area (Å²) in [6.07, 6.45) is 3.18. The fourth-order valence-electron chi connectivity index (χ4n) is 2.15. The Morgan fingerprint density at radius 3 is 2.61 bits per heavy atom. The van der Waals surface area contributed by atoms with Gasteiger partial charge in [-0.1, -0.05) is 13.8 Å². The van der Waals surface area contributed by atoms with Crippen LogP contribution >= 0.6 is 0 Å². The molecule has 0 radical (unpaired) electrons. The number of nitrogens with one attached hydrogen (secondary N) is 1. The minimum atomic E-state index is -0.412. The number of ether oxygens (including phenoxy) is 1. The monoisotopic (exact) mass is 256 g/mol. The minimum absolute atomic E-state index is 0.169. The van der Waals surface area contributed by atoms with Crippen LogP contribution in [-0.2, 0) is 4.74 Å². The molecule has 0 aromatic carbocycles. The molecule has 1 fully saturated rings. The minimum Gasteiger partial charge on any atom is -0.444 e. The number of carbonyl (C=O) groups excluding carboxylic acids is 1. The predicted octanol–water partition coefficient (Wildman–Crippen LogP) is 2.77. The van der Waals surface area contributed by atoms with Gasteiger partial charge in [0.15, 0.2) is 0 Å². The molecular weight excluding hydrogens is 228 g/mol. The van der Waals surface area contributed by atoms with E-state index in [2.05, 4.69) is 19.2 Å². The zero-order valence-electron chi connectivity index (χ0n) is 12.5. The van der Waals surface area contributed by atoms with Crippen molar-refractivity contribution in [3.63, 3.8) is 0 Å². The van der Waals surface area contributed by atoms with Crippen LogP contribution in [0.2, 0.25) is 0 Å². The molecule has 1 unspecified atom stereocenters. The van der Waals surface area contributed by atoms with Crippen molar-refractivity contribution in [1.82, 2.24) is 10.2 Å². The van der Waals surface area contributed by atoms with E-state index < -0.39 is 5.60 Å². The fourth-order valence-corrected chi connectivity index (χ4v) is 2.15. The molecule has 0 saturated carbocycles. The van der Waals surface area contributed by atoms with Crippen LogP contribution in [0.25, 0.3) is 0 Å². The van der Waals surface area contributed by atoms with Gasteiger partial charge in [-0.2, -0.15) is 0 Å². The van der Waals surface area contributed by atoms with Crippen LogP contribution in [0.4, 0.5) is 4.79 Å². The molecule has 1 saturated heterocycles. The second kappa shape index (κ2) is 6.41. The maximum Gasteiger partial charge on any atom is 0.410 e. The summed E-state index contributed by atoms with van der Waals surface area (Å²) in [5, 5.41) is 3.41. The summed E-state index contributed by atoms with van der Waals surface area (Å²) in [6, 6.07) is 0.725. The van der Waals surface area contributed by atoms with Gasteiger partial charge in [0.05, 0.1) is 0 Å². The fraction of sp³-hybridized carbons (Fsp3) is 0.929. The molecule has 1 rings (SSSR count). The zero-order chi connectivity index (χ0) is 13.8. The SMILES string of the molecule is CC(C)NCC1CCCCN1C(=O)OC(C)(C)C. The van der Waals surface area contributed by atoms with Crippen molar-refractivity contribution in [1.29, 1.82) is 0 Å². The molecule has 1 aliphatic rings. The van der Waals surface area contributed by atoms with E-state index in [4.69, 9.17) is 4.74 Å². The van der Waals surface area contributed by atoms with E-state index >= 15 is 0 Å². The smallest absolute Gasteiger partial charge is 0.410 e. The summed E-state index contributed by atoms with van der Waals surface area (Å²) < 4.78 is 5.47. The van der Waals surface area contributed by atoms with Gasteiger partial charge in [-0.05, 0) is 40.0 Å². The summed E-state index contributed by atoms with van der Waals surface area (Å²) in [7, 11) is 0. The third kappa shape index (κ3) is 5.25. The molecule has 0 spiro atoms. The highest BCUT2D eigenvalue weighted by atomic mass is 16.6. The number of hydrogen-bond donors (Lipinski definition) is 1. The molecule has 0 bridgehead atoms. The lowest BCUT2D eigenvalue weighted by Gasteiger charge is -2.37. The Morgan fingerprint density at radius 2 is 2.06 bits per heavy atom. The van der Waals surface area contributed by atoms with Gasteiger partial charge in [0.2, 0.25) is 0 Å². The molecule has 0 aromatic rings. The molecule has 1 aliphatic heterocycles. The maximum absolute atomic E-state index is 12.1. The third-order valence-corrected chi connectivity index (χ3v) is 3.02. The number of carbonyl (C=O) groups is 1. The van der Waals surface area contributed by atoms with E-state index in [-0.39, 0.29) is 12.1 Å². The van der Waals surface area contributed by atoms with Gasteiger partial charge in [-0.25, -0.2) is 4.79 Å². The molecule has 1 N–H and O–H groups in total. The normalized spacial score (nSPS) is 21.2. The van der Waals surface area contributed by atoms with Crippen molar-refractivity contribution in [2.75, 3.05) is 13.1 Å². The summed E-state index contributed by atoms with van der Waals surface area (Å²) in [6.45, 7) is 11.7. The van der Waals surface area contributed by atoms with Gasteiger partial charge in [-0.15, -0.1) is 0 Å². The van der Waals surface area contributed by atoms with Crippen LogP contribution in [0, 0.1) is 0 Å². The molecule has 0 aromatic heterocycles. The van der Waals surface area contributed by atoms with Crippen LogP contribution in [0.15, 0.2) is 0 Å². The Morgan fingerprint density at radius 1 is 1.39 bits per heavy atom. The number of likely N-dealkylation sites (tertiary alicyclic amines) is 1. The summed E-state index contributed by atoms with van der Waals surface area (Å²) in [5.74, 6) is 0. The standard InChI is InChI=1S/C14H28N2O2/c1-11(2)15-10-12-8-6-7-9-16(12)13(17)18-14(3,4)5/h11-12,15H,6-10H2,1-5H3. The van der Waals surface area contributed by atoms with Gasteiger partial charge < -0.3 is 15.0 Å². The van der Waals surface area contributed by atoms with E-state index in [0.717, 1.165) is 25.9 Å². The lowest BCUT2D eigenvalue weighted by atomic mass is 10.0. The Labute approximate surface area is 111 Å². The van der Waals surface area contributed by atoms with Crippen LogP contribution in [-0.4, -0.2) is 41.8 Å². The van der Waals surface area contributed by atoms with E-state index in [1.807, 2.05) is 25.7 Å². The van der Waals surface area contributed by atoms with Gasteiger partial charge >= 0.3 is 6.09 Å². The van der Waals surface area contributed by atoms with Crippen molar-refractivity contribution in [2.24, 2.45) is 0 Å². The first kappa shape index (κ1) is 15.3. The Bertz CT molecular complexity index is 271. The van der Waals surface area contributed by atoms with Crippen LogP contribution in [0.3, 0.4) is 0 Å². The number of nitrogens with zero attached hydrogens (tertiary/aromatic N) is 1. The Hall–Kier alpha value is -0.770. The molecule has 4 heteroatoms. The number of piperidine rings is 1. The largest absolute Gasteiger partial charge is 0.444 e. The third-order valence-electron chi connectivity index (χ3n) is 3.02. The van der Waals surface area contributed by atoms with Crippen molar-refractivity contribution in [3.05, 3.63) is 0 Å². The van der Waals surface area contributed by atoms with Crippen molar-refractivity contribution in [3.8, 4) is 0 Å². The van der Waals surface area contributed by atoms with Crippen molar-refractivity contribution in [2.45, 2.75) is 71.6 Å². The summed E-state index contributed by atoms with van der Waals surface area (Å²) >= 11 is 0. The van der Waals surface area contributed by atoms with Gasteiger partial charge in [0, 0.05) is 25.2 Å². The zero-order valence-corrected chi connectivity index (χ0v) is 12.5. The quantitative estimate of drug-likeness (QED) is 0.844. The molecule has 4 nitrogen and oxygen atoms in total. The van der Waals surface area contributed by atoms with E-state index in [1.54, 1.807) is 0 Å². The van der Waals surface area contributed by atoms with Gasteiger partial charge in [-0.3, -0.25) is 0 Å². The predicted molar refractivity (Wildman–Crippen MR) is 73.7 cm³/mol. The molecule has 1 heterocycles. The molecular formula is C14H28N2O2. The van der Waals surface area contributed by atoms with Gasteiger partial charge in [0.25, 0.3) is 0 Å². The molecule has 106 valence electrons. The average Bonchev–Trinajstić information content (AvgIpc) is 2.24. The topological polar surface area (TPSA) is 41.6 Å². The van der Waals surface area contributed by atoms with Gasteiger partial charge in [0.1, 0.15) is 5.60 Å². The first-order chi connectivity index (χ1) is 8.29. The van der Waals surface area contributed by atoms with Crippen molar-refractivity contribution >= 4 is 6.09 Å².